The highest BCUT2D eigenvalue weighted by Crippen LogP contribution is 2.28. The van der Waals surface area contributed by atoms with E-state index in [1.165, 1.54) is 11.3 Å². The third-order valence-electron chi connectivity index (χ3n) is 2.24. The molecule has 0 fully saturated rings. The fourth-order valence-electron chi connectivity index (χ4n) is 1.40. The van der Waals surface area contributed by atoms with Gasteiger partial charge < -0.3 is 9.47 Å². The average molecular weight is 248 g/mol. The first kappa shape index (κ1) is 11.7. The predicted octanol–water partition coefficient (Wildman–Crippen LogP) is 3.28. The lowest BCUT2D eigenvalue weighted by Crippen LogP contribution is -2.07. The number of ether oxygens (including phenoxy) is 2. The minimum atomic E-state index is -0.359. The van der Waals surface area contributed by atoms with Gasteiger partial charge in [0.15, 0.2) is 11.5 Å². The van der Waals surface area contributed by atoms with Crippen LogP contribution in [0.1, 0.15) is 15.2 Å². The van der Waals surface area contributed by atoms with E-state index in [0.29, 0.717) is 16.4 Å². The molecule has 2 aromatic rings. The molecule has 0 spiro atoms. The Bertz CT molecular complexity index is 517. The molecular weight excluding hydrogens is 236 g/mol. The molecule has 0 amide bonds. The molecule has 0 radical (unpaired) electrons. The van der Waals surface area contributed by atoms with Crippen molar-refractivity contribution in [3.05, 3.63) is 46.2 Å². The topological polar surface area (TPSA) is 35.5 Å². The molecule has 0 saturated heterocycles. The van der Waals surface area contributed by atoms with E-state index in [1.54, 1.807) is 19.2 Å². The molecule has 0 aliphatic rings. The molecule has 1 aromatic carbocycles. The predicted molar refractivity (Wildman–Crippen MR) is 67.0 cm³/mol. The SMILES string of the molecule is COc1cc(C)ccc1OC(=O)c1cccs1. The number of methoxy groups -OCH3 is 1. The maximum absolute atomic E-state index is 11.8. The summed E-state index contributed by atoms with van der Waals surface area (Å²) in [5.41, 5.74) is 1.05. The molecule has 0 N–H and O–H groups in total. The van der Waals surface area contributed by atoms with Crippen molar-refractivity contribution in [1.29, 1.82) is 0 Å². The fraction of sp³-hybridized carbons (Fsp3) is 0.154. The maximum Gasteiger partial charge on any atom is 0.353 e. The van der Waals surface area contributed by atoms with E-state index in [2.05, 4.69) is 0 Å². The first-order valence-electron chi connectivity index (χ1n) is 5.11. The minimum absolute atomic E-state index is 0.359. The van der Waals surface area contributed by atoms with Gasteiger partial charge in [-0.1, -0.05) is 12.1 Å². The zero-order valence-corrected chi connectivity index (χ0v) is 10.4. The maximum atomic E-state index is 11.8. The second-order valence-corrected chi connectivity index (χ2v) is 4.47. The summed E-state index contributed by atoms with van der Waals surface area (Å²) < 4.78 is 10.5. The normalized spacial score (nSPS) is 10.0. The van der Waals surface area contributed by atoms with E-state index in [1.807, 2.05) is 30.5 Å². The van der Waals surface area contributed by atoms with Crippen LogP contribution in [0.4, 0.5) is 0 Å². The van der Waals surface area contributed by atoms with Crippen molar-refractivity contribution in [3.8, 4) is 11.5 Å². The molecule has 0 unspecified atom stereocenters. The molecule has 1 heterocycles. The molecule has 1 aromatic heterocycles. The van der Waals surface area contributed by atoms with Crippen molar-refractivity contribution in [2.45, 2.75) is 6.92 Å². The highest BCUT2D eigenvalue weighted by Gasteiger charge is 2.12. The monoisotopic (exact) mass is 248 g/mol. The standard InChI is InChI=1S/C13H12O3S/c1-9-5-6-10(11(8-9)15-2)16-13(14)12-4-3-7-17-12/h3-8H,1-2H3. The largest absolute Gasteiger partial charge is 0.493 e. The number of esters is 1. The Hall–Kier alpha value is -1.81. The summed E-state index contributed by atoms with van der Waals surface area (Å²) in [5, 5.41) is 1.84. The van der Waals surface area contributed by atoms with Gasteiger partial charge in [0.1, 0.15) is 4.88 Å². The summed E-state index contributed by atoms with van der Waals surface area (Å²) in [6.07, 6.45) is 0. The number of aryl methyl sites for hydroxylation is 1. The molecule has 0 saturated carbocycles. The summed E-state index contributed by atoms with van der Waals surface area (Å²) in [4.78, 5) is 12.3. The van der Waals surface area contributed by atoms with Gasteiger partial charge in [0.25, 0.3) is 0 Å². The van der Waals surface area contributed by atoms with Crippen molar-refractivity contribution in [3.63, 3.8) is 0 Å². The van der Waals surface area contributed by atoms with Gasteiger partial charge in [-0.3, -0.25) is 0 Å². The van der Waals surface area contributed by atoms with Crippen LogP contribution in [0.5, 0.6) is 11.5 Å². The molecule has 2 rings (SSSR count). The summed E-state index contributed by atoms with van der Waals surface area (Å²) in [6, 6.07) is 8.98. The number of carbonyl (C=O) groups is 1. The minimum Gasteiger partial charge on any atom is -0.493 e. The van der Waals surface area contributed by atoms with Crippen LogP contribution in [0, 0.1) is 6.92 Å². The van der Waals surface area contributed by atoms with Crippen molar-refractivity contribution in [2.24, 2.45) is 0 Å². The van der Waals surface area contributed by atoms with Crippen LogP contribution in [0.25, 0.3) is 0 Å². The van der Waals surface area contributed by atoms with E-state index >= 15 is 0 Å². The van der Waals surface area contributed by atoms with E-state index in [-0.39, 0.29) is 5.97 Å². The molecule has 0 bridgehead atoms. The Balaban J connectivity index is 2.21. The van der Waals surface area contributed by atoms with E-state index in [0.717, 1.165) is 5.56 Å². The Kier molecular flexibility index (Phi) is 3.44. The second-order valence-electron chi connectivity index (χ2n) is 3.52. The summed E-state index contributed by atoms with van der Waals surface area (Å²) >= 11 is 1.35. The highest BCUT2D eigenvalue weighted by molar-refractivity contribution is 7.12. The number of hydrogen-bond donors (Lipinski definition) is 0. The van der Waals surface area contributed by atoms with E-state index in [4.69, 9.17) is 9.47 Å². The molecule has 88 valence electrons. The molecule has 0 aliphatic heterocycles. The first-order valence-corrected chi connectivity index (χ1v) is 5.99. The van der Waals surface area contributed by atoms with Gasteiger partial charge in [-0.2, -0.15) is 0 Å². The van der Waals surface area contributed by atoms with Crippen LogP contribution in [0.15, 0.2) is 35.7 Å². The van der Waals surface area contributed by atoms with Crippen LogP contribution in [0.3, 0.4) is 0 Å². The van der Waals surface area contributed by atoms with Crippen LogP contribution >= 0.6 is 11.3 Å². The molecule has 0 aliphatic carbocycles. The van der Waals surface area contributed by atoms with Crippen LogP contribution in [-0.4, -0.2) is 13.1 Å². The zero-order valence-electron chi connectivity index (χ0n) is 9.60. The van der Waals surface area contributed by atoms with Crippen molar-refractivity contribution in [2.75, 3.05) is 7.11 Å². The number of rotatable bonds is 3. The zero-order chi connectivity index (χ0) is 12.3. The fourth-order valence-corrected chi connectivity index (χ4v) is 2.00. The quantitative estimate of drug-likeness (QED) is 0.617. The first-order chi connectivity index (χ1) is 8.20. The lowest BCUT2D eigenvalue weighted by Gasteiger charge is -2.08. The molecule has 17 heavy (non-hydrogen) atoms. The Labute approximate surface area is 104 Å². The van der Waals surface area contributed by atoms with Crippen molar-refractivity contribution < 1.29 is 14.3 Å². The van der Waals surface area contributed by atoms with Gasteiger partial charge >= 0.3 is 5.97 Å². The molecule has 4 heteroatoms. The van der Waals surface area contributed by atoms with E-state index in [9.17, 15) is 4.79 Å². The number of carbonyl (C=O) groups excluding carboxylic acids is 1. The van der Waals surface area contributed by atoms with Gasteiger partial charge in [0, 0.05) is 0 Å². The van der Waals surface area contributed by atoms with Crippen LogP contribution in [0.2, 0.25) is 0 Å². The van der Waals surface area contributed by atoms with Crippen molar-refractivity contribution in [1.82, 2.24) is 0 Å². The Morgan fingerprint density at radius 2 is 2.06 bits per heavy atom. The van der Waals surface area contributed by atoms with Gasteiger partial charge in [-0.05, 0) is 36.1 Å². The number of hydrogen-bond acceptors (Lipinski definition) is 4. The summed E-state index contributed by atoms with van der Waals surface area (Å²) in [6.45, 7) is 1.95. The third kappa shape index (κ3) is 2.65. The smallest absolute Gasteiger partial charge is 0.353 e. The molecule has 0 atom stereocenters. The summed E-state index contributed by atoms with van der Waals surface area (Å²) in [5.74, 6) is 0.647. The van der Waals surface area contributed by atoms with Crippen LogP contribution in [-0.2, 0) is 0 Å². The van der Waals surface area contributed by atoms with Crippen LogP contribution < -0.4 is 9.47 Å². The lowest BCUT2D eigenvalue weighted by molar-refractivity contribution is 0.0735. The lowest BCUT2D eigenvalue weighted by atomic mass is 10.2. The molecular formula is C13H12O3S. The number of thiophene rings is 1. The Morgan fingerprint density at radius 1 is 1.24 bits per heavy atom. The number of benzene rings is 1. The average Bonchev–Trinajstić information content (AvgIpc) is 2.85. The van der Waals surface area contributed by atoms with Gasteiger partial charge in [-0.15, -0.1) is 11.3 Å². The Morgan fingerprint density at radius 3 is 2.71 bits per heavy atom. The van der Waals surface area contributed by atoms with Crippen molar-refractivity contribution >= 4 is 17.3 Å². The third-order valence-corrected chi connectivity index (χ3v) is 3.09. The second kappa shape index (κ2) is 5.01. The highest BCUT2D eigenvalue weighted by atomic mass is 32.1. The van der Waals surface area contributed by atoms with Gasteiger partial charge in [-0.25, -0.2) is 4.79 Å². The van der Waals surface area contributed by atoms with Gasteiger partial charge in [0.05, 0.1) is 7.11 Å². The summed E-state index contributed by atoms with van der Waals surface area (Å²) in [7, 11) is 1.55. The van der Waals surface area contributed by atoms with E-state index < -0.39 is 0 Å². The molecule has 3 nitrogen and oxygen atoms in total. The van der Waals surface area contributed by atoms with Gasteiger partial charge in [0.2, 0.25) is 0 Å².